The number of amides is 2. The molecule has 2 aromatic carbocycles. The van der Waals surface area contributed by atoms with Gasteiger partial charge in [-0.15, -0.1) is 0 Å². The van der Waals surface area contributed by atoms with E-state index >= 15 is 0 Å². The zero-order chi connectivity index (χ0) is 21.9. The molecule has 10 heteroatoms. The van der Waals surface area contributed by atoms with E-state index in [4.69, 9.17) is 0 Å². The number of esters is 2. The van der Waals surface area contributed by atoms with E-state index < -0.39 is 23.8 Å². The van der Waals surface area contributed by atoms with E-state index in [0.29, 0.717) is 22.3 Å². The Kier molecular flexibility index (Phi) is 7.94. The molecule has 0 saturated carbocycles. The van der Waals surface area contributed by atoms with Crippen molar-refractivity contribution in [1.29, 1.82) is 0 Å². The Balaban J connectivity index is 1.82. The fraction of sp³-hybridized carbons (Fsp3) is 0.100. The van der Waals surface area contributed by atoms with E-state index in [2.05, 4.69) is 30.5 Å². The highest BCUT2D eigenvalue weighted by molar-refractivity contribution is 6.35. The molecule has 0 fully saturated rings. The summed E-state index contributed by atoms with van der Waals surface area (Å²) in [7, 11) is 2.56. The highest BCUT2D eigenvalue weighted by atomic mass is 16.5. The Morgan fingerprint density at radius 1 is 0.667 bits per heavy atom. The first-order valence-corrected chi connectivity index (χ1v) is 8.47. The largest absolute Gasteiger partial charge is 0.465 e. The average molecular weight is 410 g/mol. The van der Waals surface area contributed by atoms with Gasteiger partial charge in [0.15, 0.2) is 0 Å². The predicted molar refractivity (Wildman–Crippen MR) is 107 cm³/mol. The Hall–Kier alpha value is -4.34. The van der Waals surface area contributed by atoms with Crippen molar-refractivity contribution < 1.29 is 28.7 Å². The van der Waals surface area contributed by atoms with Crippen LogP contribution in [0, 0.1) is 0 Å². The van der Waals surface area contributed by atoms with E-state index in [1.54, 1.807) is 24.3 Å². The molecule has 0 saturated heterocycles. The molecule has 2 aromatic rings. The van der Waals surface area contributed by atoms with Gasteiger partial charge >= 0.3 is 23.8 Å². The van der Waals surface area contributed by atoms with Gasteiger partial charge in [0.25, 0.3) is 0 Å². The number of benzene rings is 2. The van der Waals surface area contributed by atoms with Crippen LogP contribution in [0.25, 0.3) is 0 Å². The lowest BCUT2D eigenvalue weighted by Crippen LogP contribution is -2.35. The summed E-state index contributed by atoms with van der Waals surface area (Å²) < 4.78 is 9.18. The van der Waals surface area contributed by atoms with Crippen LogP contribution < -0.4 is 10.9 Å². The number of carbonyl (C=O) groups excluding carboxylic acids is 4. The maximum absolute atomic E-state index is 11.7. The molecule has 0 atom stereocenters. The van der Waals surface area contributed by atoms with Crippen LogP contribution in [-0.2, 0) is 19.1 Å². The number of methoxy groups -OCH3 is 2. The number of hydrazone groups is 2. The molecule has 154 valence electrons. The summed E-state index contributed by atoms with van der Waals surface area (Å²) in [5.41, 5.74) is 6.04. The third-order valence-corrected chi connectivity index (χ3v) is 3.63. The van der Waals surface area contributed by atoms with Crippen molar-refractivity contribution in [3.05, 3.63) is 70.8 Å². The van der Waals surface area contributed by atoms with Crippen molar-refractivity contribution in [2.45, 2.75) is 0 Å². The Labute approximate surface area is 171 Å². The van der Waals surface area contributed by atoms with Crippen LogP contribution in [0.4, 0.5) is 0 Å². The minimum Gasteiger partial charge on any atom is -0.465 e. The van der Waals surface area contributed by atoms with Gasteiger partial charge in [0.2, 0.25) is 0 Å². The molecule has 10 nitrogen and oxygen atoms in total. The fourth-order valence-electron chi connectivity index (χ4n) is 2.08. The van der Waals surface area contributed by atoms with Gasteiger partial charge in [-0.1, -0.05) is 24.3 Å². The van der Waals surface area contributed by atoms with Gasteiger partial charge in [-0.3, -0.25) is 9.59 Å². The van der Waals surface area contributed by atoms with Gasteiger partial charge < -0.3 is 9.47 Å². The molecule has 0 aliphatic carbocycles. The minimum absolute atomic E-state index is 0.371. The summed E-state index contributed by atoms with van der Waals surface area (Å²) in [4.78, 5) is 46.1. The maximum Gasteiger partial charge on any atom is 0.337 e. The summed E-state index contributed by atoms with van der Waals surface area (Å²) in [6.45, 7) is 0. The molecule has 0 heterocycles. The van der Waals surface area contributed by atoms with E-state index in [9.17, 15) is 19.2 Å². The number of ether oxygens (including phenoxy) is 2. The minimum atomic E-state index is -1.02. The van der Waals surface area contributed by atoms with Crippen molar-refractivity contribution in [3.8, 4) is 0 Å². The summed E-state index contributed by atoms with van der Waals surface area (Å²) in [5.74, 6) is -2.97. The van der Waals surface area contributed by atoms with Gasteiger partial charge in [0, 0.05) is 0 Å². The Morgan fingerprint density at radius 3 is 1.30 bits per heavy atom. The molecule has 0 radical (unpaired) electrons. The smallest absolute Gasteiger partial charge is 0.337 e. The molecule has 2 N–H and O–H groups in total. The summed E-state index contributed by atoms with van der Waals surface area (Å²) in [5, 5.41) is 7.32. The van der Waals surface area contributed by atoms with Crippen molar-refractivity contribution in [3.63, 3.8) is 0 Å². The average Bonchev–Trinajstić information content (AvgIpc) is 2.78. The highest BCUT2D eigenvalue weighted by Gasteiger charge is 2.11. The summed E-state index contributed by atoms with van der Waals surface area (Å²) in [6, 6.07) is 12.5. The highest BCUT2D eigenvalue weighted by Crippen LogP contribution is 2.04. The molecule has 30 heavy (non-hydrogen) atoms. The van der Waals surface area contributed by atoms with E-state index in [-0.39, 0.29) is 0 Å². The molecular formula is C20H18N4O6. The van der Waals surface area contributed by atoms with E-state index in [1.807, 2.05) is 0 Å². The third kappa shape index (κ3) is 6.37. The first kappa shape index (κ1) is 22.0. The lowest BCUT2D eigenvalue weighted by atomic mass is 10.1. The SMILES string of the molecule is COC(=O)c1ccc(/C=N\NC(=O)C(=O)N/N=C\c2ccc(C(=O)OC)cc2)cc1. The van der Waals surface area contributed by atoms with E-state index in [0.717, 1.165) is 0 Å². The second-order valence-electron chi connectivity index (χ2n) is 5.63. The maximum atomic E-state index is 11.7. The fourth-order valence-corrected chi connectivity index (χ4v) is 2.08. The monoisotopic (exact) mass is 410 g/mol. The van der Waals surface area contributed by atoms with E-state index in [1.165, 1.54) is 50.9 Å². The number of hydrogen-bond acceptors (Lipinski definition) is 8. The molecule has 0 aliphatic rings. The molecule has 2 rings (SSSR count). The number of rotatable bonds is 6. The van der Waals surface area contributed by atoms with Crippen LogP contribution in [-0.4, -0.2) is 50.4 Å². The summed E-state index contributed by atoms with van der Waals surface area (Å²) in [6.07, 6.45) is 2.61. The van der Waals surface area contributed by atoms with Crippen molar-refractivity contribution in [2.24, 2.45) is 10.2 Å². The quantitative estimate of drug-likeness (QED) is 0.314. The first-order valence-electron chi connectivity index (χ1n) is 8.47. The molecular weight excluding hydrogens is 392 g/mol. The van der Waals surface area contributed by atoms with Crippen LogP contribution in [0.15, 0.2) is 58.7 Å². The molecule has 0 aromatic heterocycles. The van der Waals surface area contributed by atoms with Gasteiger partial charge in [-0.2, -0.15) is 10.2 Å². The predicted octanol–water partition coefficient (Wildman–Crippen LogP) is 0.860. The van der Waals surface area contributed by atoms with Crippen LogP contribution in [0.2, 0.25) is 0 Å². The molecule has 0 spiro atoms. The van der Waals surface area contributed by atoms with Gasteiger partial charge in [-0.25, -0.2) is 20.4 Å². The lowest BCUT2D eigenvalue weighted by molar-refractivity contribution is -0.139. The molecule has 0 bridgehead atoms. The first-order chi connectivity index (χ1) is 14.4. The summed E-state index contributed by atoms with van der Waals surface area (Å²) >= 11 is 0. The van der Waals surface area contributed by atoms with Crippen LogP contribution in [0.5, 0.6) is 0 Å². The van der Waals surface area contributed by atoms with Gasteiger partial charge in [0.1, 0.15) is 0 Å². The van der Waals surface area contributed by atoms with Crippen LogP contribution in [0.3, 0.4) is 0 Å². The van der Waals surface area contributed by atoms with Crippen molar-refractivity contribution in [2.75, 3.05) is 14.2 Å². The zero-order valence-corrected chi connectivity index (χ0v) is 16.1. The van der Waals surface area contributed by atoms with Gasteiger partial charge in [0.05, 0.1) is 37.8 Å². The Bertz CT molecular complexity index is 900. The Morgan fingerprint density at radius 2 is 1.00 bits per heavy atom. The van der Waals surface area contributed by atoms with Crippen molar-refractivity contribution in [1.82, 2.24) is 10.9 Å². The lowest BCUT2D eigenvalue weighted by Gasteiger charge is -2.00. The van der Waals surface area contributed by atoms with Crippen LogP contribution >= 0.6 is 0 Å². The van der Waals surface area contributed by atoms with Crippen molar-refractivity contribution >= 4 is 36.2 Å². The molecule has 0 unspecified atom stereocenters. The number of carbonyl (C=O) groups is 4. The topological polar surface area (TPSA) is 136 Å². The number of hydrogen-bond donors (Lipinski definition) is 2. The second kappa shape index (κ2) is 10.9. The zero-order valence-electron chi connectivity index (χ0n) is 16.1. The molecule has 2 amide bonds. The third-order valence-electron chi connectivity index (χ3n) is 3.63. The van der Waals surface area contributed by atoms with Crippen LogP contribution in [0.1, 0.15) is 31.8 Å². The second-order valence-corrected chi connectivity index (χ2v) is 5.63. The van der Waals surface area contributed by atoms with Gasteiger partial charge in [-0.05, 0) is 35.4 Å². The molecule has 0 aliphatic heterocycles. The number of nitrogens with zero attached hydrogens (tertiary/aromatic N) is 2. The normalized spacial score (nSPS) is 10.6. The number of nitrogens with one attached hydrogen (secondary N) is 2. The standard InChI is InChI=1S/C20H18N4O6/c1-29-19(27)15-7-3-13(4-8-15)11-21-23-17(25)18(26)24-22-12-14-5-9-16(10-6-14)20(28)30-2/h3-12H,1-2H3,(H,23,25)(H,24,26)/b21-11-,22-12-.